The van der Waals surface area contributed by atoms with Crippen molar-refractivity contribution in [1.82, 2.24) is 0 Å². The van der Waals surface area contributed by atoms with Gasteiger partial charge in [-0.05, 0) is 167 Å². The van der Waals surface area contributed by atoms with Gasteiger partial charge in [0.2, 0.25) is 0 Å². The summed E-state index contributed by atoms with van der Waals surface area (Å²) in [6.07, 6.45) is 0. The Morgan fingerprint density at radius 1 is 0.301 bits per heavy atom. The normalized spacial score (nSPS) is 13.8. The molecular weight excluding hydrogens is 921 g/mol. The highest BCUT2D eigenvalue weighted by Crippen LogP contribution is 2.56. The number of hydrogen-bond donors (Lipinski definition) is 0. The number of benzene rings is 12. The first-order chi connectivity index (χ1) is 36.0. The molecule has 0 N–H and O–H groups in total. The summed E-state index contributed by atoms with van der Waals surface area (Å²) in [6, 6.07) is 90.9. The Balaban J connectivity index is 1.03. The molecule has 0 atom stereocenters. The zero-order valence-corrected chi connectivity index (χ0v) is 41.9. The molecule has 0 unspecified atom stereocenters. The van der Waals surface area contributed by atoms with E-state index in [-0.39, 0.29) is 5.41 Å². The molecule has 0 amide bonds. The monoisotopic (exact) mass is 966 g/mol. The van der Waals surface area contributed by atoms with Crippen molar-refractivity contribution in [3.63, 3.8) is 0 Å². The predicted octanol–water partition coefficient (Wildman–Crippen LogP) is 20.3. The summed E-state index contributed by atoms with van der Waals surface area (Å²) in [4.78, 5) is 9.94. The first-order valence-electron chi connectivity index (χ1n) is 25.2. The van der Waals surface area contributed by atoms with Crippen molar-refractivity contribution in [2.24, 2.45) is 0 Å². The quantitative estimate of drug-likeness (QED) is 0.159. The van der Waals surface area contributed by atoms with E-state index in [2.05, 4.69) is 266 Å². The number of nitrogens with zero attached hydrogens (tertiary/aromatic N) is 2. The van der Waals surface area contributed by atoms with Crippen LogP contribution in [0.15, 0.2) is 262 Å². The van der Waals surface area contributed by atoms with Gasteiger partial charge in [-0.2, -0.15) is 0 Å². The zero-order valence-electron chi connectivity index (χ0n) is 40.3. The standard InChI is InChI=1S/C69H46N2S2/c1-69(2)57-21-6-5-19-51(57)52-37-34-46(40-58(52)69)68-54-39-36-47(70-59-22-7-11-26-63(59)72-64-27-12-8-23-60(64)70)41-55(54)67(45-32-30-44(31-33-45)50-20-15-17-43-16-3-4-18-49(43)50)53-38-35-48(42-56(53)68)71-61-24-9-13-28-65(61)73-66-29-14-10-25-62(66)71/h3-42H,1-2H3. The van der Waals surface area contributed by atoms with E-state index in [0.717, 1.165) is 11.4 Å². The molecule has 2 heterocycles. The van der Waals surface area contributed by atoms with Gasteiger partial charge in [0.05, 0.1) is 22.7 Å². The SMILES string of the molecule is CC1(C)c2ccccc2-c2ccc(-c3c4ccc(N5c6ccccc6Sc6ccccc65)cc4c(-c4ccc(-c5cccc6ccccc56)cc4)c4ccc(N5c6ccccc6Sc6ccccc65)cc34)cc21. The molecule has 12 aromatic rings. The molecule has 15 rings (SSSR count). The zero-order chi connectivity index (χ0) is 48.4. The molecule has 2 aliphatic heterocycles. The van der Waals surface area contributed by atoms with Crippen molar-refractivity contribution in [3.8, 4) is 44.5 Å². The number of para-hydroxylation sites is 4. The molecule has 344 valence electrons. The Labute approximate surface area is 434 Å². The van der Waals surface area contributed by atoms with Crippen LogP contribution in [0.5, 0.6) is 0 Å². The van der Waals surface area contributed by atoms with E-state index >= 15 is 0 Å². The van der Waals surface area contributed by atoms with Crippen LogP contribution in [-0.4, -0.2) is 0 Å². The first-order valence-corrected chi connectivity index (χ1v) is 26.8. The molecule has 0 saturated heterocycles. The number of rotatable bonds is 5. The second-order valence-electron chi connectivity index (χ2n) is 20.0. The van der Waals surface area contributed by atoms with E-state index in [0.29, 0.717) is 0 Å². The average Bonchev–Trinajstić information content (AvgIpc) is 3.67. The highest BCUT2D eigenvalue weighted by molar-refractivity contribution is 8.00. The van der Waals surface area contributed by atoms with Gasteiger partial charge in [-0.1, -0.05) is 201 Å². The molecule has 4 heteroatoms. The fourth-order valence-electron chi connectivity index (χ4n) is 12.2. The van der Waals surface area contributed by atoms with Gasteiger partial charge in [-0.15, -0.1) is 0 Å². The summed E-state index contributed by atoms with van der Waals surface area (Å²) in [7, 11) is 0. The molecule has 0 aromatic heterocycles. The Bertz CT molecular complexity index is 4170. The van der Waals surface area contributed by atoms with Gasteiger partial charge >= 0.3 is 0 Å². The summed E-state index contributed by atoms with van der Waals surface area (Å²) < 4.78 is 0. The van der Waals surface area contributed by atoms with Crippen molar-refractivity contribution in [2.75, 3.05) is 9.80 Å². The summed E-state index contributed by atoms with van der Waals surface area (Å²) in [5, 5.41) is 7.38. The van der Waals surface area contributed by atoms with Gasteiger partial charge in [0.25, 0.3) is 0 Å². The molecule has 0 bridgehead atoms. The summed E-state index contributed by atoms with van der Waals surface area (Å²) in [5.74, 6) is 0. The van der Waals surface area contributed by atoms with Crippen LogP contribution in [0.4, 0.5) is 34.1 Å². The van der Waals surface area contributed by atoms with Crippen LogP contribution in [0.25, 0.3) is 76.8 Å². The smallest absolute Gasteiger partial charge is 0.0601 e. The Hall–Kier alpha value is -8.28. The summed E-state index contributed by atoms with van der Waals surface area (Å²) >= 11 is 3.70. The van der Waals surface area contributed by atoms with Crippen molar-refractivity contribution in [1.29, 1.82) is 0 Å². The lowest BCUT2D eigenvalue weighted by atomic mass is 9.80. The van der Waals surface area contributed by atoms with Crippen molar-refractivity contribution < 1.29 is 0 Å². The molecule has 1 aliphatic carbocycles. The third-order valence-corrected chi connectivity index (χ3v) is 17.9. The van der Waals surface area contributed by atoms with Crippen LogP contribution in [0.1, 0.15) is 25.0 Å². The minimum atomic E-state index is -0.163. The van der Waals surface area contributed by atoms with Crippen LogP contribution in [-0.2, 0) is 5.41 Å². The second-order valence-corrected chi connectivity index (χ2v) is 22.2. The van der Waals surface area contributed by atoms with E-state index in [4.69, 9.17) is 0 Å². The summed E-state index contributed by atoms with van der Waals surface area (Å²) in [6.45, 7) is 4.78. The lowest BCUT2D eigenvalue weighted by molar-refractivity contribution is 0.660. The maximum atomic E-state index is 2.51. The third-order valence-electron chi connectivity index (χ3n) is 15.6. The average molecular weight is 967 g/mol. The van der Waals surface area contributed by atoms with Gasteiger partial charge in [-0.25, -0.2) is 0 Å². The number of hydrogen-bond acceptors (Lipinski definition) is 4. The molecule has 0 saturated carbocycles. The largest absolute Gasteiger partial charge is 0.308 e. The number of fused-ring (bicyclic) bond motifs is 10. The predicted molar refractivity (Wildman–Crippen MR) is 310 cm³/mol. The summed E-state index contributed by atoms with van der Waals surface area (Å²) in [5.41, 5.74) is 19.6. The van der Waals surface area contributed by atoms with Gasteiger partial charge in [0, 0.05) is 36.4 Å². The van der Waals surface area contributed by atoms with Gasteiger partial charge in [0.1, 0.15) is 0 Å². The Kier molecular flexibility index (Phi) is 9.51. The molecule has 73 heavy (non-hydrogen) atoms. The third kappa shape index (κ3) is 6.54. The van der Waals surface area contributed by atoms with Crippen LogP contribution in [0, 0.1) is 0 Å². The number of anilines is 6. The topological polar surface area (TPSA) is 6.48 Å². The van der Waals surface area contributed by atoms with Gasteiger partial charge in [0.15, 0.2) is 0 Å². The lowest BCUT2D eigenvalue weighted by Gasteiger charge is -2.34. The highest BCUT2D eigenvalue weighted by Gasteiger charge is 2.36. The van der Waals surface area contributed by atoms with E-state index < -0.39 is 0 Å². The lowest BCUT2D eigenvalue weighted by Crippen LogP contribution is -2.15. The van der Waals surface area contributed by atoms with Crippen molar-refractivity contribution in [2.45, 2.75) is 38.8 Å². The second kappa shape index (κ2) is 16.4. The van der Waals surface area contributed by atoms with Gasteiger partial charge in [-0.3, -0.25) is 0 Å². The first kappa shape index (κ1) is 42.4. The molecule has 2 nitrogen and oxygen atoms in total. The molecule has 3 aliphatic rings. The maximum absolute atomic E-state index is 2.51. The Morgan fingerprint density at radius 3 is 1.33 bits per heavy atom. The van der Waals surface area contributed by atoms with Crippen LogP contribution in [0.3, 0.4) is 0 Å². The van der Waals surface area contributed by atoms with E-state index in [1.807, 2.05) is 23.5 Å². The van der Waals surface area contributed by atoms with Crippen LogP contribution >= 0.6 is 23.5 Å². The fraction of sp³-hybridized carbons (Fsp3) is 0.0435. The Morgan fingerprint density at radius 2 is 0.740 bits per heavy atom. The maximum Gasteiger partial charge on any atom is 0.0601 e. The molecule has 0 radical (unpaired) electrons. The molecule has 12 aromatic carbocycles. The fourth-order valence-corrected chi connectivity index (χ4v) is 14.3. The van der Waals surface area contributed by atoms with E-state index in [1.165, 1.54) is 130 Å². The highest BCUT2D eigenvalue weighted by atomic mass is 32.2. The van der Waals surface area contributed by atoms with Crippen molar-refractivity contribution >= 4 is 90.0 Å². The van der Waals surface area contributed by atoms with Gasteiger partial charge < -0.3 is 9.80 Å². The van der Waals surface area contributed by atoms with E-state index in [1.54, 1.807) is 0 Å². The molecule has 0 fully saturated rings. The molecule has 0 spiro atoms. The van der Waals surface area contributed by atoms with Crippen LogP contribution in [0.2, 0.25) is 0 Å². The van der Waals surface area contributed by atoms with E-state index in [9.17, 15) is 0 Å². The van der Waals surface area contributed by atoms with Crippen LogP contribution < -0.4 is 9.80 Å². The minimum absolute atomic E-state index is 0.163. The molecular formula is C69H46N2S2. The minimum Gasteiger partial charge on any atom is -0.308 e. The van der Waals surface area contributed by atoms with Crippen molar-refractivity contribution in [3.05, 3.63) is 254 Å².